The van der Waals surface area contributed by atoms with Crippen molar-refractivity contribution in [3.63, 3.8) is 0 Å². The van der Waals surface area contributed by atoms with Crippen molar-refractivity contribution >= 4 is 0 Å². The van der Waals surface area contributed by atoms with Gasteiger partial charge in [0.05, 0.1) is 6.10 Å². The van der Waals surface area contributed by atoms with Crippen LogP contribution in [0.1, 0.15) is 20.3 Å². The number of rotatable bonds is 3. The van der Waals surface area contributed by atoms with Crippen LogP contribution in [0.5, 0.6) is 0 Å². The van der Waals surface area contributed by atoms with Crippen molar-refractivity contribution in [2.24, 2.45) is 5.92 Å². The molecular formula is C9H18FNO. The standard InChI is InChI=1S/C9H18FNO/c1-7(2)9-5-8(12)6-11(9)4-3-10/h7-9,12H,3-6H2,1-2H3/t8-,9+/m0/s1. The van der Waals surface area contributed by atoms with Crippen molar-refractivity contribution in [3.8, 4) is 0 Å². The van der Waals surface area contributed by atoms with Crippen molar-refractivity contribution in [3.05, 3.63) is 0 Å². The van der Waals surface area contributed by atoms with E-state index < -0.39 is 0 Å². The maximum atomic E-state index is 12.1. The van der Waals surface area contributed by atoms with Gasteiger partial charge < -0.3 is 5.11 Å². The van der Waals surface area contributed by atoms with Crippen LogP contribution in [-0.2, 0) is 0 Å². The minimum absolute atomic E-state index is 0.246. The van der Waals surface area contributed by atoms with Crippen LogP contribution < -0.4 is 0 Å². The second kappa shape index (κ2) is 4.19. The molecule has 0 aromatic rings. The van der Waals surface area contributed by atoms with Crippen LogP contribution in [0.15, 0.2) is 0 Å². The van der Waals surface area contributed by atoms with E-state index in [1.54, 1.807) is 0 Å². The molecule has 1 saturated heterocycles. The molecule has 1 heterocycles. The maximum Gasteiger partial charge on any atom is 0.102 e. The Labute approximate surface area is 73.4 Å². The highest BCUT2D eigenvalue weighted by atomic mass is 19.1. The van der Waals surface area contributed by atoms with E-state index in [1.807, 2.05) is 0 Å². The Balaban J connectivity index is 2.47. The minimum Gasteiger partial charge on any atom is -0.392 e. The van der Waals surface area contributed by atoms with E-state index in [-0.39, 0.29) is 12.8 Å². The number of hydrogen-bond donors (Lipinski definition) is 1. The first-order chi connectivity index (χ1) is 5.65. The van der Waals surface area contributed by atoms with E-state index in [4.69, 9.17) is 0 Å². The lowest BCUT2D eigenvalue weighted by atomic mass is 10.0. The molecule has 2 nitrogen and oxygen atoms in total. The van der Waals surface area contributed by atoms with Gasteiger partial charge in [-0.05, 0) is 12.3 Å². The third-order valence-corrected chi connectivity index (χ3v) is 2.57. The number of nitrogens with zero attached hydrogens (tertiary/aromatic N) is 1. The average Bonchev–Trinajstić information content (AvgIpc) is 2.32. The molecule has 0 radical (unpaired) electrons. The minimum atomic E-state index is -0.310. The zero-order valence-corrected chi connectivity index (χ0v) is 7.83. The SMILES string of the molecule is CC(C)[C@H]1C[C@H](O)CN1CCF. The maximum absolute atomic E-state index is 12.1. The van der Waals surface area contributed by atoms with Crippen molar-refractivity contribution in [2.75, 3.05) is 19.8 Å². The highest BCUT2D eigenvalue weighted by molar-refractivity contribution is 4.86. The van der Waals surface area contributed by atoms with Gasteiger partial charge in [0.25, 0.3) is 0 Å². The molecule has 1 N–H and O–H groups in total. The molecule has 1 rings (SSSR count). The summed E-state index contributed by atoms with van der Waals surface area (Å²) in [6.07, 6.45) is 0.557. The summed E-state index contributed by atoms with van der Waals surface area (Å²) in [7, 11) is 0. The normalized spacial score (nSPS) is 31.8. The summed E-state index contributed by atoms with van der Waals surface area (Å²) >= 11 is 0. The molecule has 12 heavy (non-hydrogen) atoms. The summed E-state index contributed by atoms with van der Waals surface area (Å²) in [6.45, 7) is 5.05. The smallest absolute Gasteiger partial charge is 0.102 e. The van der Waals surface area contributed by atoms with E-state index in [2.05, 4.69) is 18.7 Å². The first-order valence-electron chi connectivity index (χ1n) is 4.63. The predicted molar refractivity (Wildman–Crippen MR) is 46.8 cm³/mol. The van der Waals surface area contributed by atoms with Gasteiger partial charge in [0.15, 0.2) is 0 Å². The molecule has 0 aliphatic carbocycles. The number of likely N-dealkylation sites (tertiary alicyclic amines) is 1. The summed E-state index contributed by atoms with van der Waals surface area (Å²) in [5.41, 5.74) is 0. The summed E-state index contributed by atoms with van der Waals surface area (Å²) in [4.78, 5) is 2.05. The number of β-amino-alcohol motifs (C(OH)–C–C–N with tert-alkyl or cyclic N) is 1. The topological polar surface area (TPSA) is 23.5 Å². The van der Waals surface area contributed by atoms with E-state index in [9.17, 15) is 9.50 Å². The predicted octanol–water partition coefficient (Wildman–Crippen LogP) is 1.05. The van der Waals surface area contributed by atoms with Gasteiger partial charge in [-0.2, -0.15) is 0 Å². The zero-order valence-electron chi connectivity index (χ0n) is 7.83. The Bertz CT molecular complexity index is 140. The monoisotopic (exact) mass is 175 g/mol. The Morgan fingerprint density at radius 2 is 2.25 bits per heavy atom. The van der Waals surface area contributed by atoms with Crippen LogP contribution in [0.25, 0.3) is 0 Å². The first kappa shape index (κ1) is 9.93. The molecule has 0 bridgehead atoms. The first-order valence-corrected chi connectivity index (χ1v) is 4.63. The third-order valence-electron chi connectivity index (χ3n) is 2.57. The largest absolute Gasteiger partial charge is 0.392 e. The summed E-state index contributed by atoms with van der Waals surface area (Å²) < 4.78 is 12.1. The van der Waals surface area contributed by atoms with E-state index in [0.717, 1.165) is 6.42 Å². The van der Waals surface area contributed by atoms with Gasteiger partial charge in [0.1, 0.15) is 6.67 Å². The second-order valence-electron chi connectivity index (χ2n) is 3.88. The van der Waals surface area contributed by atoms with Gasteiger partial charge in [0.2, 0.25) is 0 Å². The molecule has 0 amide bonds. The fraction of sp³-hybridized carbons (Fsp3) is 1.00. The summed E-state index contributed by atoms with van der Waals surface area (Å²) in [6, 6.07) is 0.371. The van der Waals surface area contributed by atoms with Crippen molar-refractivity contribution in [2.45, 2.75) is 32.4 Å². The highest BCUT2D eigenvalue weighted by Crippen LogP contribution is 2.23. The Kier molecular flexibility index (Phi) is 3.47. The quantitative estimate of drug-likeness (QED) is 0.693. The number of aliphatic hydroxyl groups is 1. The molecule has 72 valence electrons. The van der Waals surface area contributed by atoms with Gasteiger partial charge in [-0.3, -0.25) is 4.90 Å². The molecule has 0 saturated carbocycles. The molecule has 0 aromatic heterocycles. The van der Waals surface area contributed by atoms with Crippen LogP contribution >= 0.6 is 0 Å². The van der Waals surface area contributed by atoms with Gasteiger partial charge in [-0.25, -0.2) is 4.39 Å². The average molecular weight is 175 g/mol. The van der Waals surface area contributed by atoms with Gasteiger partial charge in [0, 0.05) is 19.1 Å². The van der Waals surface area contributed by atoms with Crippen LogP contribution in [-0.4, -0.2) is 41.9 Å². The second-order valence-corrected chi connectivity index (χ2v) is 3.88. The Hall–Kier alpha value is -0.150. The third kappa shape index (κ3) is 2.17. The van der Waals surface area contributed by atoms with Crippen LogP contribution in [0.4, 0.5) is 4.39 Å². The van der Waals surface area contributed by atoms with Gasteiger partial charge in [-0.1, -0.05) is 13.8 Å². The molecular weight excluding hydrogens is 157 g/mol. The Morgan fingerprint density at radius 1 is 1.58 bits per heavy atom. The lowest BCUT2D eigenvalue weighted by Gasteiger charge is -2.25. The van der Waals surface area contributed by atoms with E-state index in [0.29, 0.717) is 25.0 Å². The van der Waals surface area contributed by atoms with Crippen molar-refractivity contribution in [1.29, 1.82) is 0 Å². The number of halogens is 1. The lowest BCUT2D eigenvalue weighted by Crippen LogP contribution is -2.35. The van der Waals surface area contributed by atoms with Gasteiger partial charge >= 0.3 is 0 Å². The fourth-order valence-electron chi connectivity index (χ4n) is 1.97. The molecule has 1 aliphatic rings. The molecule has 0 unspecified atom stereocenters. The molecule has 2 atom stereocenters. The summed E-state index contributed by atoms with van der Waals surface area (Å²) in [5.74, 6) is 0.508. The van der Waals surface area contributed by atoms with Crippen LogP contribution in [0, 0.1) is 5.92 Å². The number of aliphatic hydroxyl groups excluding tert-OH is 1. The van der Waals surface area contributed by atoms with Gasteiger partial charge in [-0.15, -0.1) is 0 Å². The number of alkyl halides is 1. The molecule has 0 aromatic carbocycles. The molecule has 3 heteroatoms. The highest BCUT2D eigenvalue weighted by Gasteiger charge is 2.32. The Morgan fingerprint density at radius 3 is 2.75 bits per heavy atom. The summed E-state index contributed by atoms with van der Waals surface area (Å²) in [5, 5.41) is 9.38. The number of hydrogen-bond acceptors (Lipinski definition) is 2. The van der Waals surface area contributed by atoms with Crippen LogP contribution in [0.2, 0.25) is 0 Å². The zero-order chi connectivity index (χ0) is 9.14. The van der Waals surface area contributed by atoms with Crippen LogP contribution in [0.3, 0.4) is 0 Å². The van der Waals surface area contributed by atoms with E-state index >= 15 is 0 Å². The molecule has 1 aliphatic heterocycles. The van der Waals surface area contributed by atoms with Crippen molar-refractivity contribution in [1.82, 2.24) is 4.90 Å². The lowest BCUT2D eigenvalue weighted by molar-refractivity contribution is 0.166. The van der Waals surface area contributed by atoms with E-state index in [1.165, 1.54) is 0 Å². The molecule has 0 spiro atoms. The molecule has 1 fully saturated rings. The fourth-order valence-corrected chi connectivity index (χ4v) is 1.97. The van der Waals surface area contributed by atoms with Crippen molar-refractivity contribution < 1.29 is 9.50 Å².